The van der Waals surface area contributed by atoms with Crippen molar-refractivity contribution in [3.8, 4) is 0 Å². The molecule has 4 N–H and O–H groups in total. The van der Waals surface area contributed by atoms with Crippen LogP contribution < -0.4 is 11.1 Å². The van der Waals surface area contributed by atoms with Crippen LogP contribution in [0, 0.1) is 0 Å². The predicted octanol–water partition coefficient (Wildman–Crippen LogP) is 2.11. The van der Waals surface area contributed by atoms with Crippen LogP contribution >= 0.6 is 15.9 Å². The molecule has 0 saturated heterocycles. The van der Waals surface area contributed by atoms with Gasteiger partial charge in [-0.1, -0.05) is 28.1 Å². The number of carbonyl (C=O) groups is 1. The van der Waals surface area contributed by atoms with Gasteiger partial charge in [-0.05, 0) is 24.1 Å². The average molecular weight is 273 g/mol. The van der Waals surface area contributed by atoms with Crippen LogP contribution in [0.2, 0.25) is 0 Å². The van der Waals surface area contributed by atoms with Gasteiger partial charge in [-0.3, -0.25) is 0 Å². The third-order valence-corrected chi connectivity index (χ3v) is 2.50. The summed E-state index contributed by atoms with van der Waals surface area (Å²) in [5.74, 6) is 0. The maximum Gasteiger partial charge on any atom is 0.404 e. The van der Waals surface area contributed by atoms with Crippen LogP contribution in [0.15, 0.2) is 28.7 Å². The molecule has 0 heterocycles. The van der Waals surface area contributed by atoms with Crippen molar-refractivity contribution in [1.82, 2.24) is 5.32 Å². The van der Waals surface area contributed by atoms with Crippen LogP contribution in [0.4, 0.5) is 4.79 Å². The number of carboxylic acid groups (broad SMARTS) is 1. The van der Waals surface area contributed by atoms with Gasteiger partial charge < -0.3 is 16.2 Å². The van der Waals surface area contributed by atoms with E-state index in [1.54, 1.807) is 0 Å². The van der Waals surface area contributed by atoms with Gasteiger partial charge in [-0.15, -0.1) is 0 Å². The van der Waals surface area contributed by atoms with E-state index in [9.17, 15) is 4.79 Å². The van der Waals surface area contributed by atoms with E-state index in [1.165, 1.54) is 0 Å². The number of hydrogen-bond acceptors (Lipinski definition) is 2. The second-order valence-electron chi connectivity index (χ2n) is 3.18. The highest BCUT2D eigenvalue weighted by atomic mass is 79.9. The zero-order valence-electron chi connectivity index (χ0n) is 8.11. The molecule has 0 fully saturated rings. The minimum absolute atomic E-state index is 0.144. The molecule has 82 valence electrons. The monoisotopic (exact) mass is 272 g/mol. The SMILES string of the molecule is NC(CCNC(=O)O)c1cccc(Br)c1. The highest BCUT2D eigenvalue weighted by Gasteiger charge is 2.06. The van der Waals surface area contributed by atoms with E-state index in [0.29, 0.717) is 13.0 Å². The summed E-state index contributed by atoms with van der Waals surface area (Å²) < 4.78 is 0.974. The predicted molar refractivity (Wildman–Crippen MR) is 61.7 cm³/mol. The van der Waals surface area contributed by atoms with Crippen LogP contribution in [0.1, 0.15) is 18.0 Å². The van der Waals surface area contributed by atoms with Crippen molar-refractivity contribution in [3.05, 3.63) is 34.3 Å². The van der Waals surface area contributed by atoms with E-state index >= 15 is 0 Å². The fourth-order valence-corrected chi connectivity index (χ4v) is 1.66. The molecule has 0 aromatic heterocycles. The second kappa shape index (κ2) is 5.72. The first-order chi connectivity index (χ1) is 7.09. The molecular weight excluding hydrogens is 260 g/mol. The van der Waals surface area contributed by atoms with Crippen LogP contribution in [0.25, 0.3) is 0 Å². The van der Waals surface area contributed by atoms with E-state index in [1.807, 2.05) is 24.3 Å². The largest absolute Gasteiger partial charge is 0.465 e. The van der Waals surface area contributed by atoms with Crippen molar-refractivity contribution >= 4 is 22.0 Å². The first kappa shape index (κ1) is 12.0. The molecule has 0 spiro atoms. The highest BCUT2D eigenvalue weighted by Crippen LogP contribution is 2.18. The molecule has 0 bridgehead atoms. The van der Waals surface area contributed by atoms with Crippen molar-refractivity contribution in [2.75, 3.05) is 6.54 Å². The van der Waals surface area contributed by atoms with Crippen molar-refractivity contribution in [2.24, 2.45) is 5.73 Å². The number of halogens is 1. The Balaban J connectivity index is 2.46. The third kappa shape index (κ3) is 4.31. The number of benzene rings is 1. The molecule has 0 aliphatic heterocycles. The highest BCUT2D eigenvalue weighted by molar-refractivity contribution is 9.10. The van der Waals surface area contributed by atoms with Gasteiger partial charge in [0, 0.05) is 17.1 Å². The van der Waals surface area contributed by atoms with E-state index < -0.39 is 6.09 Å². The van der Waals surface area contributed by atoms with E-state index in [0.717, 1.165) is 10.0 Å². The summed E-state index contributed by atoms with van der Waals surface area (Å²) in [6, 6.07) is 7.55. The number of nitrogens with two attached hydrogens (primary N) is 1. The standard InChI is InChI=1S/C10H13BrN2O2/c11-8-3-1-2-7(6-8)9(12)4-5-13-10(14)15/h1-3,6,9,13H,4-5,12H2,(H,14,15). The lowest BCUT2D eigenvalue weighted by Gasteiger charge is -2.11. The first-order valence-corrected chi connectivity index (χ1v) is 5.36. The van der Waals surface area contributed by atoms with Crippen LogP contribution in [0.5, 0.6) is 0 Å². The molecule has 1 atom stereocenters. The van der Waals surface area contributed by atoms with Crippen molar-refractivity contribution < 1.29 is 9.90 Å². The van der Waals surface area contributed by atoms with Gasteiger partial charge in [-0.2, -0.15) is 0 Å². The molecular formula is C10H13BrN2O2. The quantitative estimate of drug-likeness (QED) is 0.786. The van der Waals surface area contributed by atoms with Crippen molar-refractivity contribution in [1.29, 1.82) is 0 Å². The Morgan fingerprint density at radius 1 is 1.60 bits per heavy atom. The van der Waals surface area contributed by atoms with E-state index in [4.69, 9.17) is 10.8 Å². The van der Waals surface area contributed by atoms with Crippen molar-refractivity contribution in [2.45, 2.75) is 12.5 Å². The first-order valence-electron chi connectivity index (χ1n) is 4.57. The summed E-state index contributed by atoms with van der Waals surface area (Å²) in [5.41, 5.74) is 6.89. The molecule has 1 amide bonds. The normalized spacial score (nSPS) is 12.1. The summed E-state index contributed by atoms with van der Waals surface area (Å²) in [6.07, 6.45) is -0.431. The van der Waals surface area contributed by atoms with E-state index in [2.05, 4.69) is 21.2 Å². The fourth-order valence-electron chi connectivity index (χ4n) is 1.24. The Hall–Kier alpha value is -1.07. The lowest BCUT2D eigenvalue weighted by molar-refractivity contribution is 0.194. The minimum Gasteiger partial charge on any atom is -0.465 e. The second-order valence-corrected chi connectivity index (χ2v) is 4.10. The molecule has 0 aliphatic rings. The molecule has 0 saturated carbocycles. The van der Waals surface area contributed by atoms with Gasteiger partial charge in [-0.25, -0.2) is 4.79 Å². The minimum atomic E-state index is -1.02. The molecule has 1 aromatic carbocycles. The number of hydrogen-bond donors (Lipinski definition) is 3. The summed E-state index contributed by atoms with van der Waals surface area (Å²) in [6.45, 7) is 0.364. The Morgan fingerprint density at radius 2 is 2.33 bits per heavy atom. The Kier molecular flexibility index (Phi) is 4.58. The zero-order valence-corrected chi connectivity index (χ0v) is 9.70. The number of rotatable bonds is 4. The molecule has 4 nitrogen and oxygen atoms in total. The Morgan fingerprint density at radius 3 is 2.93 bits per heavy atom. The van der Waals surface area contributed by atoms with Gasteiger partial charge in [0.1, 0.15) is 0 Å². The maximum atomic E-state index is 10.2. The molecule has 15 heavy (non-hydrogen) atoms. The summed E-state index contributed by atoms with van der Waals surface area (Å²) in [5, 5.41) is 10.7. The summed E-state index contributed by atoms with van der Waals surface area (Å²) >= 11 is 3.36. The van der Waals surface area contributed by atoms with Crippen LogP contribution in [0.3, 0.4) is 0 Å². The van der Waals surface area contributed by atoms with E-state index in [-0.39, 0.29) is 6.04 Å². The summed E-state index contributed by atoms with van der Waals surface area (Å²) in [4.78, 5) is 10.2. The molecule has 1 rings (SSSR count). The molecule has 0 aliphatic carbocycles. The number of amides is 1. The molecule has 0 radical (unpaired) electrons. The average Bonchev–Trinajstić information content (AvgIpc) is 2.17. The maximum absolute atomic E-state index is 10.2. The molecule has 1 aromatic rings. The van der Waals surface area contributed by atoms with Gasteiger partial charge in [0.15, 0.2) is 0 Å². The number of nitrogens with one attached hydrogen (secondary N) is 1. The zero-order chi connectivity index (χ0) is 11.3. The van der Waals surface area contributed by atoms with Gasteiger partial charge in [0.25, 0.3) is 0 Å². The third-order valence-electron chi connectivity index (χ3n) is 2.01. The lowest BCUT2D eigenvalue weighted by atomic mass is 10.1. The van der Waals surface area contributed by atoms with Gasteiger partial charge >= 0.3 is 6.09 Å². The van der Waals surface area contributed by atoms with Crippen LogP contribution in [-0.2, 0) is 0 Å². The summed E-state index contributed by atoms with van der Waals surface area (Å²) in [7, 11) is 0. The van der Waals surface area contributed by atoms with Crippen molar-refractivity contribution in [3.63, 3.8) is 0 Å². The fraction of sp³-hybridized carbons (Fsp3) is 0.300. The van der Waals surface area contributed by atoms with Gasteiger partial charge in [0.05, 0.1) is 0 Å². The molecule has 1 unspecified atom stereocenters. The van der Waals surface area contributed by atoms with Crippen LogP contribution in [-0.4, -0.2) is 17.7 Å². The smallest absolute Gasteiger partial charge is 0.404 e. The lowest BCUT2D eigenvalue weighted by Crippen LogP contribution is -2.25. The Bertz CT molecular complexity index is 344. The van der Waals surface area contributed by atoms with Gasteiger partial charge in [0.2, 0.25) is 0 Å². The Labute approximate surface area is 96.6 Å². The molecule has 5 heteroatoms. The topological polar surface area (TPSA) is 75.3 Å².